The molecular weight excluding hydrogens is 442 g/mol. The van der Waals surface area contributed by atoms with E-state index in [1.54, 1.807) is 13.2 Å². The van der Waals surface area contributed by atoms with Crippen LogP contribution in [0.4, 0.5) is 0 Å². The zero-order valence-corrected chi connectivity index (χ0v) is 19.0. The van der Waals surface area contributed by atoms with Gasteiger partial charge in [0, 0.05) is 19.2 Å². The van der Waals surface area contributed by atoms with Crippen LogP contribution < -0.4 is 9.47 Å². The van der Waals surface area contributed by atoms with E-state index in [1.165, 1.54) is 34.6 Å². The molecule has 0 saturated heterocycles. The summed E-state index contributed by atoms with van der Waals surface area (Å²) in [5, 5.41) is 11.1. The number of sulfonamides is 1. The Bertz CT molecular complexity index is 1290. The normalized spacial score (nSPS) is 11.5. The minimum absolute atomic E-state index is 0.112. The second-order valence-electron chi connectivity index (χ2n) is 7.19. The molecule has 0 spiro atoms. The maximum atomic E-state index is 13.7. The highest BCUT2D eigenvalue weighted by molar-refractivity contribution is 7.89. The molecule has 0 radical (unpaired) electrons. The Morgan fingerprint density at radius 1 is 0.879 bits per heavy atom. The lowest BCUT2D eigenvalue weighted by Gasteiger charge is -2.23. The van der Waals surface area contributed by atoms with Gasteiger partial charge in [0.05, 0.1) is 19.1 Å². The molecule has 0 amide bonds. The van der Waals surface area contributed by atoms with Gasteiger partial charge in [-0.3, -0.25) is 0 Å². The highest BCUT2D eigenvalue weighted by Gasteiger charge is 2.26. The second kappa shape index (κ2) is 9.80. The molecule has 1 heterocycles. The Morgan fingerprint density at radius 3 is 2.18 bits per heavy atom. The maximum absolute atomic E-state index is 13.7. The van der Waals surface area contributed by atoms with Crippen molar-refractivity contribution in [2.45, 2.75) is 18.0 Å². The van der Waals surface area contributed by atoms with Crippen molar-refractivity contribution in [2.75, 3.05) is 14.2 Å². The van der Waals surface area contributed by atoms with E-state index in [0.717, 1.165) is 11.1 Å². The van der Waals surface area contributed by atoms with E-state index < -0.39 is 10.0 Å². The van der Waals surface area contributed by atoms with Crippen molar-refractivity contribution in [3.05, 3.63) is 90.3 Å². The SMILES string of the molecule is COc1ccc(CN(Cc2ccccc2)S(=O)(=O)c2ccc(-n3cnnn3)c(OC)c2)cc1. The summed E-state index contributed by atoms with van der Waals surface area (Å²) in [4.78, 5) is 0.112. The van der Waals surface area contributed by atoms with Gasteiger partial charge < -0.3 is 9.47 Å². The molecule has 3 aromatic carbocycles. The highest BCUT2D eigenvalue weighted by Crippen LogP contribution is 2.29. The first-order valence-electron chi connectivity index (χ1n) is 10.1. The molecule has 0 bridgehead atoms. The zero-order chi connectivity index (χ0) is 23.3. The highest BCUT2D eigenvalue weighted by atomic mass is 32.2. The summed E-state index contributed by atoms with van der Waals surface area (Å²) in [5.41, 5.74) is 2.26. The molecule has 0 atom stereocenters. The number of hydrogen-bond donors (Lipinski definition) is 0. The fourth-order valence-corrected chi connectivity index (χ4v) is 4.81. The monoisotopic (exact) mass is 465 g/mol. The van der Waals surface area contributed by atoms with Crippen LogP contribution in [0.25, 0.3) is 5.69 Å². The van der Waals surface area contributed by atoms with Gasteiger partial charge in [-0.1, -0.05) is 42.5 Å². The summed E-state index contributed by atoms with van der Waals surface area (Å²) >= 11 is 0. The van der Waals surface area contributed by atoms with Crippen LogP contribution in [0.2, 0.25) is 0 Å². The molecule has 33 heavy (non-hydrogen) atoms. The van der Waals surface area contributed by atoms with E-state index in [2.05, 4.69) is 15.5 Å². The molecule has 0 aliphatic carbocycles. The summed E-state index contributed by atoms with van der Waals surface area (Å²) in [6.07, 6.45) is 1.41. The first-order valence-corrected chi connectivity index (χ1v) is 11.5. The Kier molecular flexibility index (Phi) is 6.66. The number of hydrogen-bond acceptors (Lipinski definition) is 7. The van der Waals surface area contributed by atoms with Crippen molar-refractivity contribution in [3.63, 3.8) is 0 Å². The summed E-state index contributed by atoms with van der Waals surface area (Å²) in [5.74, 6) is 1.05. The zero-order valence-electron chi connectivity index (χ0n) is 18.2. The lowest BCUT2D eigenvalue weighted by atomic mass is 10.2. The number of rotatable bonds is 9. The quantitative estimate of drug-likeness (QED) is 0.375. The van der Waals surface area contributed by atoms with Gasteiger partial charge in [-0.15, -0.1) is 5.10 Å². The third-order valence-corrected chi connectivity index (χ3v) is 6.89. The van der Waals surface area contributed by atoms with Crippen LogP contribution in [0, 0.1) is 0 Å². The first kappa shape index (κ1) is 22.4. The minimum Gasteiger partial charge on any atom is -0.497 e. The number of ether oxygens (including phenoxy) is 2. The molecule has 1 aromatic heterocycles. The van der Waals surface area contributed by atoms with E-state index in [0.29, 0.717) is 17.2 Å². The summed E-state index contributed by atoms with van der Waals surface area (Å²) in [6, 6.07) is 21.4. The third kappa shape index (κ3) is 5.02. The maximum Gasteiger partial charge on any atom is 0.243 e. The molecular formula is C23H23N5O4S. The van der Waals surface area contributed by atoms with Crippen molar-refractivity contribution < 1.29 is 17.9 Å². The number of benzene rings is 3. The Balaban J connectivity index is 1.71. The third-order valence-electron chi connectivity index (χ3n) is 5.10. The molecule has 0 fully saturated rings. The smallest absolute Gasteiger partial charge is 0.243 e. The van der Waals surface area contributed by atoms with E-state index in [9.17, 15) is 8.42 Å². The molecule has 0 aliphatic rings. The van der Waals surface area contributed by atoms with Crippen molar-refractivity contribution in [2.24, 2.45) is 0 Å². The van der Waals surface area contributed by atoms with Gasteiger partial charge in [0.25, 0.3) is 0 Å². The van der Waals surface area contributed by atoms with Crippen LogP contribution in [-0.4, -0.2) is 47.1 Å². The molecule has 4 rings (SSSR count). The lowest BCUT2D eigenvalue weighted by molar-refractivity contribution is 0.396. The van der Waals surface area contributed by atoms with Gasteiger partial charge in [-0.2, -0.15) is 8.99 Å². The van der Waals surface area contributed by atoms with Crippen molar-refractivity contribution in [1.82, 2.24) is 24.5 Å². The molecule has 0 aliphatic heterocycles. The van der Waals surface area contributed by atoms with Gasteiger partial charge >= 0.3 is 0 Å². The molecule has 9 nitrogen and oxygen atoms in total. The standard InChI is InChI=1S/C23H23N5O4S/c1-31-20-10-8-19(9-11-20)16-27(15-18-6-4-3-5-7-18)33(29,30)21-12-13-22(23(14-21)32-2)28-17-24-25-26-28/h3-14,17H,15-16H2,1-2H3. The topological polar surface area (TPSA) is 99.4 Å². The molecule has 4 aromatic rings. The summed E-state index contributed by atoms with van der Waals surface area (Å²) < 4.78 is 41.0. The average molecular weight is 466 g/mol. The molecule has 10 heteroatoms. The van der Waals surface area contributed by atoms with Crippen LogP contribution in [0.15, 0.2) is 84.0 Å². The van der Waals surface area contributed by atoms with E-state index in [1.807, 2.05) is 54.6 Å². The van der Waals surface area contributed by atoms with Gasteiger partial charge in [0.1, 0.15) is 23.5 Å². The Hall–Kier alpha value is -3.76. The van der Waals surface area contributed by atoms with Crippen LogP contribution in [0.5, 0.6) is 11.5 Å². The molecule has 170 valence electrons. The molecule has 0 saturated carbocycles. The summed E-state index contributed by atoms with van der Waals surface area (Å²) in [7, 11) is -0.808. The van der Waals surface area contributed by atoms with Crippen LogP contribution >= 0.6 is 0 Å². The lowest BCUT2D eigenvalue weighted by Crippen LogP contribution is -2.30. The number of tetrazole rings is 1. The summed E-state index contributed by atoms with van der Waals surface area (Å²) in [6.45, 7) is 0.407. The fraction of sp³-hybridized carbons (Fsp3) is 0.174. The van der Waals surface area contributed by atoms with E-state index in [4.69, 9.17) is 9.47 Å². The van der Waals surface area contributed by atoms with Gasteiger partial charge in [-0.05, 0) is 45.8 Å². The van der Waals surface area contributed by atoms with Gasteiger partial charge in [0.2, 0.25) is 10.0 Å². The van der Waals surface area contributed by atoms with Crippen LogP contribution in [-0.2, 0) is 23.1 Å². The van der Waals surface area contributed by atoms with Crippen molar-refractivity contribution in [1.29, 1.82) is 0 Å². The number of nitrogens with zero attached hydrogens (tertiary/aromatic N) is 5. The second-order valence-corrected chi connectivity index (χ2v) is 9.13. The minimum atomic E-state index is -3.87. The van der Waals surface area contributed by atoms with Gasteiger partial charge in [0.15, 0.2) is 0 Å². The largest absolute Gasteiger partial charge is 0.497 e. The van der Waals surface area contributed by atoms with Crippen LogP contribution in [0.1, 0.15) is 11.1 Å². The Labute approximate surface area is 192 Å². The predicted octanol–water partition coefficient (Wildman–Crippen LogP) is 3.07. The van der Waals surface area contributed by atoms with E-state index >= 15 is 0 Å². The fourth-order valence-electron chi connectivity index (χ4n) is 3.38. The van der Waals surface area contributed by atoms with Gasteiger partial charge in [-0.25, -0.2) is 8.42 Å². The number of methoxy groups -OCH3 is 2. The molecule has 0 unspecified atom stereocenters. The predicted molar refractivity (Wildman–Crippen MR) is 122 cm³/mol. The van der Waals surface area contributed by atoms with Crippen LogP contribution in [0.3, 0.4) is 0 Å². The number of aromatic nitrogens is 4. The van der Waals surface area contributed by atoms with Crippen molar-refractivity contribution in [3.8, 4) is 17.2 Å². The average Bonchev–Trinajstić information content (AvgIpc) is 3.39. The Morgan fingerprint density at radius 2 is 1.58 bits per heavy atom. The first-order chi connectivity index (χ1) is 16.0. The van der Waals surface area contributed by atoms with Crippen molar-refractivity contribution >= 4 is 10.0 Å². The molecule has 0 N–H and O–H groups in total. The van der Waals surface area contributed by atoms with E-state index in [-0.39, 0.29) is 18.0 Å².